The molecule has 3 heterocycles. The number of aromatic amines is 2. The Kier molecular flexibility index (Phi) is 3.87. The van der Waals surface area contributed by atoms with E-state index in [0.717, 1.165) is 11.0 Å². The second-order valence-electron chi connectivity index (χ2n) is 6.29. The molecular formula is C18H17N5O3. The van der Waals surface area contributed by atoms with Crippen molar-refractivity contribution in [3.63, 3.8) is 0 Å². The first kappa shape index (κ1) is 16.2. The standard InChI is InChI=1S/C18H17N5O3/c1-2-3-14(24)15-16(13-7-19-8-20-13)23(18(26)17(15)25)10-4-5-11-12(6-10)22-9-21-11/h4-9,15-16H,2-3H2,1H3,(H,19,20)(H,21,22). The van der Waals surface area contributed by atoms with Crippen LogP contribution in [-0.4, -0.2) is 37.4 Å². The number of Topliss-reactive ketones (excluding diaryl/α,β-unsaturated/α-hetero) is 2. The molecule has 26 heavy (non-hydrogen) atoms. The molecule has 1 fully saturated rings. The highest BCUT2D eigenvalue weighted by molar-refractivity contribution is 6.48. The van der Waals surface area contributed by atoms with E-state index in [1.54, 1.807) is 30.7 Å². The first-order valence-corrected chi connectivity index (χ1v) is 8.43. The van der Waals surface area contributed by atoms with Crippen LogP contribution < -0.4 is 4.90 Å². The van der Waals surface area contributed by atoms with E-state index < -0.39 is 23.7 Å². The number of aromatic nitrogens is 4. The molecule has 2 N–H and O–H groups in total. The van der Waals surface area contributed by atoms with Gasteiger partial charge in [0.05, 0.1) is 41.6 Å². The minimum atomic E-state index is -1.03. The molecule has 1 aromatic carbocycles. The lowest BCUT2D eigenvalue weighted by Crippen LogP contribution is -2.30. The number of rotatable bonds is 5. The molecule has 4 rings (SSSR count). The highest BCUT2D eigenvalue weighted by Crippen LogP contribution is 2.40. The molecular weight excluding hydrogens is 334 g/mol. The van der Waals surface area contributed by atoms with Gasteiger partial charge in [-0.2, -0.15) is 0 Å². The Balaban J connectivity index is 1.84. The van der Waals surface area contributed by atoms with Crippen LogP contribution in [0.2, 0.25) is 0 Å². The summed E-state index contributed by atoms with van der Waals surface area (Å²) in [6, 6.07) is 4.52. The molecule has 8 nitrogen and oxygen atoms in total. The second-order valence-corrected chi connectivity index (χ2v) is 6.29. The molecule has 1 saturated heterocycles. The highest BCUT2D eigenvalue weighted by atomic mass is 16.2. The van der Waals surface area contributed by atoms with E-state index in [2.05, 4.69) is 19.9 Å². The number of nitrogens with zero attached hydrogens (tertiary/aromatic N) is 3. The highest BCUT2D eigenvalue weighted by Gasteiger charge is 2.52. The van der Waals surface area contributed by atoms with E-state index in [1.165, 1.54) is 11.2 Å². The number of carbonyl (C=O) groups excluding carboxylic acids is 3. The third-order valence-electron chi connectivity index (χ3n) is 4.67. The zero-order valence-electron chi connectivity index (χ0n) is 14.1. The lowest BCUT2D eigenvalue weighted by Gasteiger charge is -2.25. The van der Waals surface area contributed by atoms with E-state index in [0.29, 0.717) is 17.8 Å². The second kappa shape index (κ2) is 6.21. The first-order valence-electron chi connectivity index (χ1n) is 8.43. The molecule has 0 spiro atoms. The van der Waals surface area contributed by atoms with Crippen LogP contribution in [0.3, 0.4) is 0 Å². The maximum Gasteiger partial charge on any atom is 0.295 e. The quantitative estimate of drug-likeness (QED) is 0.539. The Labute approximate surface area is 148 Å². The zero-order valence-corrected chi connectivity index (χ0v) is 14.1. The molecule has 0 radical (unpaired) electrons. The van der Waals surface area contributed by atoms with Crippen LogP contribution in [0.5, 0.6) is 0 Å². The number of fused-ring (bicyclic) bond motifs is 1. The number of amides is 1. The van der Waals surface area contributed by atoms with Crippen LogP contribution in [0.15, 0.2) is 37.1 Å². The number of hydrogen-bond acceptors (Lipinski definition) is 5. The van der Waals surface area contributed by atoms with Gasteiger partial charge in [-0.3, -0.25) is 19.3 Å². The van der Waals surface area contributed by atoms with Gasteiger partial charge in [0.15, 0.2) is 0 Å². The van der Waals surface area contributed by atoms with Gasteiger partial charge in [0.1, 0.15) is 11.7 Å². The van der Waals surface area contributed by atoms with Crippen LogP contribution in [0.4, 0.5) is 5.69 Å². The van der Waals surface area contributed by atoms with Crippen LogP contribution in [0.25, 0.3) is 11.0 Å². The molecule has 2 aromatic heterocycles. The smallest absolute Gasteiger partial charge is 0.295 e. The van der Waals surface area contributed by atoms with E-state index in [9.17, 15) is 14.4 Å². The predicted molar refractivity (Wildman–Crippen MR) is 93.3 cm³/mol. The van der Waals surface area contributed by atoms with E-state index >= 15 is 0 Å². The predicted octanol–water partition coefficient (Wildman–Crippen LogP) is 1.93. The van der Waals surface area contributed by atoms with Crippen molar-refractivity contribution in [1.29, 1.82) is 0 Å². The summed E-state index contributed by atoms with van der Waals surface area (Å²) in [5.74, 6) is -2.61. The molecule has 8 heteroatoms. The van der Waals surface area contributed by atoms with Gasteiger partial charge >= 0.3 is 0 Å². The Morgan fingerprint density at radius 3 is 2.81 bits per heavy atom. The van der Waals surface area contributed by atoms with Gasteiger partial charge in [-0.05, 0) is 24.6 Å². The summed E-state index contributed by atoms with van der Waals surface area (Å²) < 4.78 is 0. The summed E-state index contributed by atoms with van der Waals surface area (Å²) in [7, 11) is 0. The van der Waals surface area contributed by atoms with Gasteiger partial charge in [-0.25, -0.2) is 9.97 Å². The van der Waals surface area contributed by atoms with Crippen molar-refractivity contribution in [1.82, 2.24) is 19.9 Å². The maximum atomic E-state index is 12.8. The van der Waals surface area contributed by atoms with Gasteiger partial charge in [-0.15, -0.1) is 0 Å². The van der Waals surface area contributed by atoms with Crippen molar-refractivity contribution in [3.8, 4) is 0 Å². The Morgan fingerprint density at radius 1 is 1.23 bits per heavy atom. The van der Waals surface area contributed by atoms with Crippen molar-refractivity contribution >= 4 is 34.2 Å². The number of hydrogen-bond donors (Lipinski definition) is 2. The summed E-state index contributed by atoms with van der Waals surface area (Å²) in [5.41, 5.74) is 2.59. The van der Waals surface area contributed by atoms with E-state index in [-0.39, 0.29) is 12.2 Å². The molecule has 0 saturated carbocycles. The van der Waals surface area contributed by atoms with Crippen molar-refractivity contribution in [2.75, 3.05) is 4.90 Å². The van der Waals surface area contributed by atoms with Gasteiger partial charge in [-0.1, -0.05) is 6.92 Å². The summed E-state index contributed by atoms with van der Waals surface area (Å²) in [6.45, 7) is 1.87. The van der Waals surface area contributed by atoms with E-state index in [1.807, 2.05) is 6.92 Å². The Bertz CT molecular complexity index is 991. The molecule has 2 unspecified atom stereocenters. The fourth-order valence-electron chi connectivity index (χ4n) is 3.49. The fourth-order valence-corrected chi connectivity index (χ4v) is 3.49. The number of imidazole rings is 2. The third kappa shape index (κ3) is 2.42. The fraction of sp³-hybridized carbons (Fsp3) is 0.278. The molecule has 0 aliphatic carbocycles. The van der Waals surface area contributed by atoms with Gasteiger partial charge in [0.2, 0.25) is 5.78 Å². The third-order valence-corrected chi connectivity index (χ3v) is 4.67. The summed E-state index contributed by atoms with van der Waals surface area (Å²) in [5, 5.41) is 0. The van der Waals surface area contributed by atoms with Gasteiger partial charge in [0.25, 0.3) is 5.91 Å². The van der Waals surface area contributed by atoms with Crippen LogP contribution in [-0.2, 0) is 14.4 Å². The zero-order chi connectivity index (χ0) is 18.3. The molecule has 1 aliphatic heterocycles. The van der Waals surface area contributed by atoms with Crippen LogP contribution in [0, 0.1) is 5.92 Å². The van der Waals surface area contributed by atoms with Crippen LogP contribution in [0.1, 0.15) is 31.5 Å². The van der Waals surface area contributed by atoms with Gasteiger partial charge in [0, 0.05) is 12.1 Å². The normalized spacial score (nSPS) is 20.3. The van der Waals surface area contributed by atoms with Crippen molar-refractivity contribution in [2.24, 2.45) is 5.92 Å². The average Bonchev–Trinajstić information content (AvgIpc) is 3.35. The topological polar surface area (TPSA) is 112 Å². The minimum absolute atomic E-state index is 0.226. The SMILES string of the molecule is CCCC(=O)C1C(=O)C(=O)N(c2ccc3nc[nH]c3c2)C1c1cnc[nH]1. The van der Waals surface area contributed by atoms with Crippen molar-refractivity contribution < 1.29 is 14.4 Å². The summed E-state index contributed by atoms with van der Waals surface area (Å²) in [6.07, 6.45) is 5.45. The van der Waals surface area contributed by atoms with Gasteiger partial charge < -0.3 is 9.97 Å². The number of anilines is 1. The molecule has 0 bridgehead atoms. The molecule has 1 amide bonds. The minimum Gasteiger partial charge on any atom is -0.347 e. The number of nitrogens with one attached hydrogen (secondary N) is 2. The number of carbonyl (C=O) groups is 3. The lowest BCUT2D eigenvalue weighted by atomic mass is 9.90. The lowest BCUT2D eigenvalue weighted by molar-refractivity contribution is -0.139. The van der Waals surface area contributed by atoms with Crippen molar-refractivity contribution in [3.05, 3.63) is 42.7 Å². The van der Waals surface area contributed by atoms with E-state index in [4.69, 9.17) is 0 Å². The largest absolute Gasteiger partial charge is 0.347 e. The first-order chi connectivity index (χ1) is 12.6. The Morgan fingerprint density at radius 2 is 2.08 bits per heavy atom. The molecule has 2 atom stereocenters. The number of benzene rings is 1. The van der Waals surface area contributed by atoms with Crippen LogP contribution >= 0.6 is 0 Å². The molecule has 132 valence electrons. The Hall–Kier alpha value is -3.29. The maximum absolute atomic E-state index is 12.8. The molecule has 1 aliphatic rings. The molecule has 3 aromatic rings. The number of ketones is 2. The summed E-state index contributed by atoms with van der Waals surface area (Å²) in [4.78, 5) is 53.5. The summed E-state index contributed by atoms with van der Waals surface area (Å²) >= 11 is 0. The average molecular weight is 351 g/mol. The monoisotopic (exact) mass is 351 g/mol. The van der Waals surface area contributed by atoms with Crippen molar-refractivity contribution in [2.45, 2.75) is 25.8 Å². The number of H-pyrrole nitrogens is 2.